The summed E-state index contributed by atoms with van der Waals surface area (Å²) >= 11 is 0. The zero-order valence-corrected chi connectivity index (χ0v) is 17.9. The molecule has 33 heavy (non-hydrogen) atoms. The minimum Gasteiger partial charge on any atom is -0.465 e. The second kappa shape index (κ2) is 9.07. The van der Waals surface area contributed by atoms with Gasteiger partial charge < -0.3 is 14.7 Å². The second-order valence-corrected chi connectivity index (χ2v) is 8.04. The van der Waals surface area contributed by atoms with Gasteiger partial charge in [0.1, 0.15) is 18.8 Å². The predicted molar refractivity (Wildman–Crippen MR) is 114 cm³/mol. The number of para-hydroxylation sites is 1. The van der Waals surface area contributed by atoms with Gasteiger partial charge in [-0.25, -0.2) is 14.0 Å². The highest BCUT2D eigenvalue weighted by Gasteiger charge is 2.32. The van der Waals surface area contributed by atoms with Crippen LogP contribution in [-0.4, -0.2) is 69.0 Å². The van der Waals surface area contributed by atoms with Crippen LogP contribution in [0.4, 0.5) is 9.18 Å². The number of carbonyl (C=O) groups excluding carboxylic acids is 2. The van der Waals surface area contributed by atoms with Crippen LogP contribution in [0.2, 0.25) is 0 Å². The lowest BCUT2D eigenvalue weighted by molar-refractivity contribution is -0.135. The maximum absolute atomic E-state index is 14.2. The van der Waals surface area contributed by atoms with Gasteiger partial charge in [-0.15, -0.1) is 0 Å². The van der Waals surface area contributed by atoms with Gasteiger partial charge in [0, 0.05) is 20.0 Å². The van der Waals surface area contributed by atoms with Crippen molar-refractivity contribution in [1.29, 1.82) is 0 Å². The molecule has 2 aromatic rings. The molecule has 10 nitrogen and oxygen atoms in total. The van der Waals surface area contributed by atoms with E-state index in [0.29, 0.717) is 16.6 Å². The Balaban J connectivity index is 1.53. The fraction of sp³-hybridized carbons (Fsp3) is 0.455. The fourth-order valence-corrected chi connectivity index (χ4v) is 4.29. The van der Waals surface area contributed by atoms with E-state index >= 15 is 0 Å². The van der Waals surface area contributed by atoms with Crippen LogP contribution in [0.25, 0.3) is 11.0 Å². The number of imide groups is 1. The van der Waals surface area contributed by atoms with Crippen molar-refractivity contribution in [3.8, 4) is 11.8 Å². The van der Waals surface area contributed by atoms with Crippen LogP contribution in [0.3, 0.4) is 0 Å². The molecule has 0 spiro atoms. The number of imidazole rings is 1. The number of piperidine rings is 2. The van der Waals surface area contributed by atoms with Crippen molar-refractivity contribution < 1.29 is 28.6 Å². The van der Waals surface area contributed by atoms with Crippen molar-refractivity contribution in [3.63, 3.8) is 0 Å². The Hall–Kier alpha value is -3.65. The fourth-order valence-electron chi connectivity index (χ4n) is 4.29. The first-order valence-corrected chi connectivity index (χ1v) is 10.5. The van der Waals surface area contributed by atoms with E-state index in [1.807, 2.05) is 0 Å². The van der Waals surface area contributed by atoms with E-state index in [1.165, 1.54) is 9.13 Å². The van der Waals surface area contributed by atoms with Crippen molar-refractivity contribution in [2.24, 2.45) is 7.05 Å². The number of aryl methyl sites for hydroxylation is 1. The molecule has 2 aliphatic heterocycles. The second-order valence-electron chi connectivity index (χ2n) is 8.04. The Morgan fingerprint density at radius 2 is 2.09 bits per heavy atom. The Kier molecular flexibility index (Phi) is 6.20. The molecule has 174 valence electrons. The van der Waals surface area contributed by atoms with Crippen LogP contribution in [0.1, 0.15) is 30.9 Å². The summed E-state index contributed by atoms with van der Waals surface area (Å²) in [5.74, 6) is 4.90. The molecular weight excluding hydrogens is 435 g/mol. The number of rotatable bonds is 3. The first-order valence-electron chi connectivity index (χ1n) is 10.5. The molecule has 2 saturated heterocycles. The average Bonchev–Trinajstić information content (AvgIpc) is 3.03. The van der Waals surface area contributed by atoms with E-state index in [2.05, 4.69) is 17.2 Å². The number of carbonyl (C=O) groups is 3. The van der Waals surface area contributed by atoms with E-state index in [9.17, 15) is 23.6 Å². The molecule has 1 aromatic carbocycles. The van der Waals surface area contributed by atoms with E-state index in [-0.39, 0.29) is 44.9 Å². The molecule has 2 aliphatic rings. The third kappa shape index (κ3) is 4.34. The number of likely N-dealkylation sites (tertiary alicyclic amines) is 1. The minimum absolute atomic E-state index is 0.0592. The normalized spacial score (nSPS) is 23.2. The van der Waals surface area contributed by atoms with Crippen LogP contribution in [-0.2, 0) is 21.4 Å². The number of nitrogens with zero attached hydrogens (tertiary/aromatic N) is 3. The SMILES string of the molecule is Cn1c(=O)n(C2CCC(=O)NC2=O)c2cccc(C#CCO[C@H]3CCN(C(=O)O)C[C@@H]3F)c21. The number of halogens is 1. The maximum atomic E-state index is 14.2. The number of fused-ring (bicyclic) bond motifs is 1. The van der Waals surface area contributed by atoms with Gasteiger partial charge in [0.15, 0.2) is 0 Å². The van der Waals surface area contributed by atoms with Crippen LogP contribution < -0.4 is 11.0 Å². The lowest BCUT2D eigenvalue weighted by Gasteiger charge is -2.32. The van der Waals surface area contributed by atoms with E-state index < -0.39 is 36.0 Å². The van der Waals surface area contributed by atoms with Gasteiger partial charge in [-0.3, -0.25) is 24.0 Å². The zero-order chi connectivity index (χ0) is 23.7. The number of alkyl halides is 1. The topological polar surface area (TPSA) is 123 Å². The molecule has 3 heterocycles. The molecule has 0 saturated carbocycles. The molecule has 1 aromatic heterocycles. The van der Waals surface area contributed by atoms with Gasteiger partial charge in [-0.05, 0) is 25.0 Å². The van der Waals surface area contributed by atoms with Crippen molar-refractivity contribution >= 4 is 28.9 Å². The molecule has 4 rings (SSSR count). The molecule has 2 fully saturated rings. The molecule has 0 radical (unpaired) electrons. The first kappa shape index (κ1) is 22.5. The summed E-state index contributed by atoms with van der Waals surface area (Å²) in [7, 11) is 1.58. The number of ether oxygens (including phenoxy) is 1. The van der Waals surface area contributed by atoms with Gasteiger partial charge in [-0.1, -0.05) is 17.9 Å². The van der Waals surface area contributed by atoms with Crippen molar-refractivity contribution in [1.82, 2.24) is 19.4 Å². The number of amides is 3. The summed E-state index contributed by atoms with van der Waals surface area (Å²) in [6.07, 6.45) is -2.69. The smallest absolute Gasteiger partial charge is 0.407 e. The Morgan fingerprint density at radius 1 is 1.30 bits per heavy atom. The van der Waals surface area contributed by atoms with Crippen LogP contribution in [0.5, 0.6) is 0 Å². The number of hydrogen-bond acceptors (Lipinski definition) is 5. The molecule has 0 aliphatic carbocycles. The summed E-state index contributed by atoms with van der Waals surface area (Å²) in [6, 6.07) is 4.37. The van der Waals surface area contributed by atoms with Gasteiger partial charge in [0.05, 0.1) is 29.2 Å². The van der Waals surface area contributed by atoms with Crippen LogP contribution >= 0.6 is 0 Å². The van der Waals surface area contributed by atoms with E-state index in [4.69, 9.17) is 9.84 Å². The number of nitrogens with one attached hydrogen (secondary N) is 1. The first-order chi connectivity index (χ1) is 15.8. The Bertz CT molecular complexity index is 1240. The summed E-state index contributed by atoms with van der Waals surface area (Å²) < 4.78 is 22.5. The minimum atomic E-state index is -1.43. The predicted octanol–water partition coefficient (Wildman–Crippen LogP) is 0.776. The van der Waals surface area contributed by atoms with Gasteiger partial charge in [-0.2, -0.15) is 0 Å². The lowest BCUT2D eigenvalue weighted by Crippen LogP contribution is -2.47. The van der Waals surface area contributed by atoms with E-state index in [0.717, 1.165) is 4.90 Å². The van der Waals surface area contributed by atoms with Crippen LogP contribution in [0, 0.1) is 11.8 Å². The maximum Gasteiger partial charge on any atom is 0.407 e. The quantitative estimate of drug-likeness (QED) is 0.518. The zero-order valence-electron chi connectivity index (χ0n) is 17.9. The number of aromatic nitrogens is 2. The van der Waals surface area contributed by atoms with Crippen LogP contribution in [0.15, 0.2) is 23.0 Å². The Labute approximate surface area is 187 Å². The lowest BCUT2D eigenvalue weighted by atomic mass is 10.1. The van der Waals surface area contributed by atoms with Crippen molar-refractivity contribution in [2.45, 2.75) is 37.6 Å². The van der Waals surface area contributed by atoms with Gasteiger partial charge in [0.2, 0.25) is 11.8 Å². The monoisotopic (exact) mass is 458 g/mol. The Morgan fingerprint density at radius 3 is 2.79 bits per heavy atom. The third-order valence-electron chi connectivity index (χ3n) is 5.97. The number of hydrogen-bond donors (Lipinski definition) is 2. The highest BCUT2D eigenvalue weighted by Crippen LogP contribution is 2.24. The van der Waals surface area contributed by atoms with Crippen molar-refractivity contribution in [2.75, 3.05) is 19.7 Å². The van der Waals surface area contributed by atoms with Gasteiger partial charge in [0.25, 0.3) is 0 Å². The standard InChI is InChI=1S/C22H23FN4O6/c1-25-19-13(5-3-11-33-17-9-10-26(22(31)32)12-14(17)23)4-2-6-15(19)27(21(25)30)16-7-8-18(28)24-20(16)29/h2,4,6,14,16-17H,7-12H2,1H3,(H,31,32)(H,24,28,29)/t14-,16?,17-/m0/s1. The highest BCUT2D eigenvalue weighted by atomic mass is 19.1. The molecule has 0 bridgehead atoms. The highest BCUT2D eigenvalue weighted by molar-refractivity contribution is 6.00. The molecule has 11 heteroatoms. The summed E-state index contributed by atoms with van der Waals surface area (Å²) in [5.41, 5.74) is 1.21. The average molecular weight is 458 g/mol. The molecule has 3 amide bonds. The molecular formula is C22H23FN4O6. The summed E-state index contributed by atoms with van der Waals surface area (Å²) in [6.45, 7) is -0.0951. The molecule has 2 N–H and O–H groups in total. The number of benzene rings is 1. The largest absolute Gasteiger partial charge is 0.465 e. The third-order valence-corrected chi connectivity index (χ3v) is 5.97. The summed E-state index contributed by atoms with van der Waals surface area (Å²) in [5, 5.41) is 11.2. The van der Waals surface area contributed by atoms with Crippen molar-refractivity contribution in [3.05, 3.63) is 34.2 Å². The van der Waals surface area contributed by atoms with Gasteiger partial charge >= 0.3 is 11.8 Å². The van der Waals surface area contributed by atoms with E-state index in [1.54, 1.807) is 25.2 Å². The molecule has 1 unspecified atom stereocenters. The molecule has 3 atom stereocenters. The number of carboxylic acid groups (broad SMARTS) is 1. The summed E-state index contributed by atoms with van der Waals surface area (Å²) in [4.78, 5) is 48.7.